The van der Waals surface area contributed by atoms with E-state index in [9.17, 15) is 28.8 Å². The van der Waals surface area contributed by atoms with Crippen LogP contribution >= 0.6 is 31.9 Å². The first-order valence-electron chi connectivity index (χ1n) is 31.4. The Morgan fingerprint density at radius 2 is 0.739 bits per heavy atom. The van der Waals surface area contributed by atoms with Gasteiger partial charge in [0.2, 0.25) is 35.4 Å². The number of nitrogens with zero attached hydrogens (tertiary/aromatic N) is 6. The molecule has 0 radical (unpaired) electrons. The Balaban J connectivity index is 0.000000171. The average Bonchev–Trinajstić information content (AvgIpc) is 3.05. The van der Waals surface area contributed by atoms with Gasteiger partial charge in [0.1, 0.15) is 0 Å². The van der Waals surface area contributed by atoms with E-state index < -0.39 is 0 Å². The molecule has 3 atom stereocenters. The van der Waals surface area contributed by atoms with Crippen LogP contribution in [-0.2, 0) is 48.4 Å². The van der Waals surface area contributed by atoms with Crippen LogP contribution in [0.3, 0.4) is 0 Å². The summed E-state index contributed by atoms with van der Waals surface area (Å²) in [6, 6.07) is 49.4. The van der Waals surface area contributed by atoms with Gasteiger partial charge in [0.05, 0.1) is 18.1 Å². The second-order valence-electron chi connectivity index (χ2n) is 23.4. The Morgan fingerprint density at radius 1 is 0.409 bits per heavy atom. The number of nitrogens with two attached hydrogens (primary N) is 3. The molecule has 6 N–H and O–H groups in total. The van der Waals surface area contributed by atoms with Crippen molar-refractivity contribution in [2.24, 2.45) is 5.92 Å². The van der Waals surface area contributed by atoms with Crippen molar-refractivity contribution < 1.29 is 28.8 Å². The molecule has 15 nitrogen and oxygen atoms in total. The van der Waals surface area contributed by atoms with Crippen LogP contribution in [0.15, 0.2) is 161 Å². The van der Waals surface area contributed by atoms with Gasteiger partial charge in [-0.2, -0.15) is 0 Å². The normalized spacial score (nSPS) is 16.9. The first kappa shape index (κ1) is 66.5. The smallest absolute Gasteiger partial charge is 0.223 e. The van der Waals surface area contributed by atoms with Crippen LogP contribution < -0.4 is 17.2 Å². The fourth-order valence-corrected chi connectivity index (χ4v) is 13.1. The van der Waals surface area contributed by atoms with E-state index in [2.05, 4.69) is 56.1 Å². The summed E-state index contributed by atoms with van der Waals surface area (Å²) in [5.41, 5.74) is 26.0. The lowest BCUT2D eigenvalue weighted by Gasteiger charge is -2.27. The van der Waals surface area contributed by atoms with Crippen LogP contribution in [0.1, 0.15) is 155 Å². The molecule has 6 aromatic carbocycles. The van der Waals surface area contributed by atoms with Gasteiger partial charge in [-0.1, -0.05) is 135 Å². The number of hydrogen-bond acceptors (Lipinski definition) is 9. The number of anilines is 3. The standard InChI is InChI=1S/C25H30BrN3O2.C23H28BrN3O2.C23H29N3O2/c26-22-5-2-1-4-21(22)23-6-3-15-29(23)25(31)14-13-24(30)28(16-18-7-8-18)17-19-9-11-20(27)12-10-19;1-2-26(16-17-9-11-18(25)12-10-17)22(28)13-14-23(29)27-15-5-8-21(27)19-6-3-4-7-20(19)24;1-2-25(17-18-10-12-20(24)13-11-18)22(27)14-15-23(28)26-16-6-9-21(26)19-7-4-3-5-8-19/h1-2,4-5,9-12,18,23H,3,6-8,13-17,27H2;3-4,6-7,9-12,21H,2,5,8,13-16,25H2,1H3;3-5,7-8,10-13,21H,2,6,9,14-17,24H2,1H3. The molecule has 6 aromatic rings. The van der Waals surface area contributed by atoms with Crippen LogP contribution in [0.4, 0.5) is 17.1 Å². The molecule has 88 heavy (non-hydrogen) atoms. The first-order chi connectivity index (χ1) is 42.6. The molecule has 3 unspecified atom stereocenters. The number of nitrogen functional groups attached to an aromatic ring is 3. The number of halogens is 2. The minimum Gasteiger partial charge on any atom is -0.399 e. The van der Waals surface area contributed by atoms with Gasteiger partial charge in [-0.3, -0.25) is 28.8 Å². The van der Waals surface area contributed by atoms with E-state index in [4.69, 9.17) is 17.2 Å². The number of carbonyl (C=O) groups is 6. The van der Waals surface area contributed by atoms with E-state index >= 15 is 0 Å². The van der Waals surface area contributed by atoms with Gasteiger partial charge < -0.3 is 46.6 Å². The highest BCUT2D eigenvalue weighted by Gasteiger charge is 2.34. The van der Waals surface area contributed by atoms with Crippen LogP contribution in [0.25, 0.3) is 0 Å². The maximum absolute atomic E-state index is 13.0. The molecule has 3 saturated heterocycles. The van der Waals surface area contributed by atoms with Crippen molar-refractivity contribution in [3.63, 3.8) is 0 Å². The predicted molar refractivity (Wildman–Crippen MR) is 356 cm³/mol. The maximum atomic E-state index is 13.0. The second-order valence-corrected chi connectivity index (χ2v) is 25.2. The zero-order chi connectivity index (χ0) is 62.5. The zero-order valence-electron chi connectivity index (χ0n) is 51.1. The molecule has 0 aromatic heterocycles. The van der Waals surface area contributed by atoms with Crippen LogP contribution in [0, 0.1) is 5.92 Å². The first-order valence-corrected chi connectivity index (χ1v) is 33.0. The highest BCUT2D eigenvalue weighted by atomic mass is 79.9. The Hall–Kier alpha value is -7.50. The SMILES string of the molecule is CCN(Cc1ccc(N)cc1)C(=O)CCC(=O)N1CCCC1c1ccccc1.CCN(Cc1ccc(N)cc1)C(=O)CCC(=O)N1CCCC1c1ccccc1Br.Nc1ccc(CN(CC2CC2)C(=O)CCC(=O)N2CCCC2c2ccccc2Br)cc1. The molecule has 4 fully saturated rings. The molecular formula is C71H87Br2N9O6. The molecule has 0 spiro atoms. The molecule has 466 valence electrons. The molecular weight excluding hydrogens is 1230 g/mol. The summed E-state index contributed by atoms with van der Waals surface area (Å²) in [4.78, 5) is 88.4. The van der Waals surface area contributed by atoms with Crippen molar-refractivity contribution in [1.82, 2.24) is 29.4 Å². The average molecular weight is 1320 g/mol. The highest BCUT2D eigenvalue weighted by molar-refractivity contribution is 9.10. The minimum absolute atomic E-state index is 0.00862. The van der Waals surface area contributed by atoms with E-state index in [1.54, 1.807) is 9.80 Å². The second kappa shape index (κ2) is 33.2. The van der Waals surface area contributed by atoms with Crippen LogP contribution in [-0.4, -0.2) is 104 Å². The van der Waals surface area contributed by atoms with Gasteiger partial charge in [0.15, 0.2) is 0 Å². The molecule has 3 aliphatic heterocycles. The van der Waals surface area contributed by atoms with E-state index in [-0.39, 0.29) is 92.1 Å². The number of likely N-dealkylation sites (tertiary alicyclic amines) is 3. The largest absolute Gasteiger partial charge is 0.399 e. The lowest BCUT2D eigenvalue weighted by molar-refractivity contribution is -0.138. The number of amides is 6. The molecule has 1 saturated carbocycles. The van der Waals surface area contributed by atoms with E-state index in [0.717, 1.165) is 107 Å². The van der Waals surface area contributed by atoms with Crippen molar-refractivity contribution in [3.05, 3.63) is 194 Å². The molecule has 17 heteroatoms. The summed E-state index contributed by atoms with van der Waals surface area (Å²) in [6.07, 6.45) is 9.81. The van der Waals surface area contributed by atoms with Gasteiger partial charge in [-0.05, 0) is 153 Å². The van der Waals surface area contributed by atoms with E-state index in [1.165, 1.54) is 18.4 Å². The Bertz CT molecular complexity index is 3260. The van der Waals surface area contributed by atoms with Crippen molar-refractivity contribution in [1.29, 1.82) is 0 Å². The minimum atomic E-state index is 0.00862. The summed E-state index contributed by atoms with van der Waals surface area (Å²) in [5.74, 6) is 0.895. The van der Waals surface area contributed by atoms with Crippen LogP contribution in [0.2, 0.25) is 0 Å². The Morgan fingerprint density at radius 3 is 1.10 bits per heavy atom. The quantitative estimate of drug-likeness (QED) is 0.0553. The molecule has 6 amide bonds. The van der Waals surface area contributed by atoms with Gasteiger partial charge in [0, 0.05) is 123 Å². The molecule has 10 rings (SSSR count). The topological polar surface area (TPSA) is 200 Å². The number of rotatable bonds is 22. The Labute approximate surface area is 537 Å². The van der Waals surface area contributed by atoms with E-state index in [1.807, 2.05) is 161 Å². The summed E-state index contributed by atoms with van der Waals surface area (Å²) >= 11 is 7.23. The summed E-state index contributed by atoms with van der Waals surface area (Å²) in [5, 5.41) is 0. The fourth-order valence-electron chi connectivity index (χ4n) is 12.1. The number of hydrogen-bond donors (Lipinski definition) is 3. The van der Waals surface area contributed by atoms with E-state index in [0.29, 0.717) is 50.0 Å². The number of benzene rings is 6. The van der Waals surface area contributed by atoms with Crippen molar-refractivity contribution >= 4 is 84.4 Å². The highest BCUT2D eigenvalue weighted by Crippen LogP contribution is 2.39. The van der Waals surface area contributed by atoms with Gasteiger partial charge >= 0.3 is 0 Å². The summed E-state index contributed by atoms with van der Waals surface area (Å²) < 4.78 is 2.07. The van der Waals surface area contributed by atoms with Gasteiger partial charge in [-0.15, -0.1) is 0 Å². The van der Waals surface area contributed by atoms with Crippen LogP contribution in [0.5, 0.6) is 0 Å². The molecule has 4 aliphatic rings. The van der Waals surface area contributed by atoms with Gasteiger partial charge in [0.25, 0.3) is 0 Å². The lowest BCUT2D eigenvalue weighted by atomic mass is 10.0. The van der Waals surface area contributed by atoms with Gasteiger partial charge in [-0.25, -0.2) is 0 Å². The predicted octanol–water partition coefficient (Wildman–Crippen LogP) is 13.2. The Kier molecular flexibility index (Phi) is 25.1. The molecule has 1 aliphatic carbocycles. The monoisotopic (exact) mass is 1320 g/mol. The zero-order valence-corrected chi connectivity index (χ0v) is 54.3. The lowest BCUT2D eigenvalue weighted by Crippen LogP contribution is -2.35. The molecule has 3 heterocycles. The third kappa shape index (κ3) is 19.3. The maximum Gasteiger partial charge on any atom is 0.223 e. The molecule has 0 bridgehead atoms. The third-order valence-corrected chi connectivity index (χ3v) is 18.6. The van der Waals surface area contributed by atoms with Crippen molar-refractivity contribution in [2.45, 2.75) is 141 Å². The summed E-state index contributed by atoms with van der Waals surface area (Å²) in [6.45, 7) is 9.87. The summed E-state index contributed by atoms with van der Waals surface area (Å²) in [7, 11) is 0. The van der Waals surface area contributed by atoms with Crippen molar-refractivity contribution in [2.75, 3.05) is 56.5 Å². The fraction of sp³-hybridized carbons (Fsp3) is 0.408. The number of carbonyl (C=O) groups excluding carboxylic acids is 6. The van der Waals surface area contributed by atoms with Crippen molar-refractivity contribution in [3.8, 4) is 0 Å². The third-order valence-electron chi connectivity index (χ3n) is 17.1.